The van der Waals surface area contributed by atoms with Crippen molar-refractivity contribution in [1.82, 2.24) is 10.2 Å². The summed E-state index contributed by atoms with van der Waals surface area (Å²) in [5.41, 5.74) is 2.89. The Morgan fingerprint density at radius 2 is 1.83 bits per heavy atom. The van der Waals surface area contributed by atoms with Crippen LogP contribution in [-0.2, 0) is 6.42 Å². The van der Waals surface area contributed by atoms with E-state index in [2.05, 4.69) is 55.5 Å². The van der Waals surface area contributed by atoms with Crippen LogP contribution in [0.25, 0.3) is 0 Å². The highest BCUT2D eigenvalue weighted by Crippen LogP contribution is 2.23. The quantitative estimate of drug-likeness (QED) is 0.711. The first kappa shape index (κ1) is 15.2. The molecule has 1 N–H and O–H groups in total. The Kier molecular flexibility index (Phi) is 6.99. The summed E-state index contributed by atoms with van der Waals surface area (Å²) < 4.78 is 0. The van der Waals surface area contributed by atoms with Crippen molar-refractivity contribution in [1.29, 1.82) is 0 Å². The van der Waals surface area contributed by atoms with E-state index in [1.165, 1.54) is 36.8 Å². The van der Waals surface area contributed by atoms with Gasteiger partial charge >= 0.3 is 0 Å². The first-order valence-corrected chi connectivity index (χ1v) is 7.09. The fraction of sp³-hybridized carbons (Fsp3) is 0.625. The fourth-order valence-electron chi connectivity index (χ4n) is 2.39. The third kappa shape index (κ3) is 4.79. The Bertz CT molecular complexity index is 316. The molecule has 0 aliphatic carbocycles. The van der Waals surface area contributed by atoms with Crippen LogP contribution in [0.5, 0.6) is 0 Å². The van der Waals surface area contributed by atoms with E-state index in [1.54, 1.807) is 0 Å². The van der Waals surface area contributed by atoms with Gasteiger partial charge in [0.1, 0.15) is 0 Å². The number of nitrogens with one attached hydrogen (secondary N) is 1. The van der Waals surface area contributed by atoms with Gasteiger partial charge in [-0.25, -0.2) is 0 Å². The fourth-order valence-corrected chi connectivity index (χ4v) is 2.39. The summed E-state index contributed by atoms with van der Waals surface area (Å²) in [4.78, 5) is 2.32. The summed E-state index contributed by atoms with van der Waals surface area (Å²) in [7, 11) is 6.36. The molecule has 0 radical (unpaired) electrons. The number of benzene rings is 1. The second-order valence-electron chi connectivity index (χ2n) is 5.22. The number of hydrogen-bond acceptors (Lipinski definition) is 2. The molecular weight excluding hydrogens is 220 g/mol. The molecule has 2 nitrogen and oxygen atoms in total. The van der Waals surface area contributed by atoms with Crippen LogP contribution in [0.15, 0.2) is 24.3 Å². The lowest BCUT2D eigenvalue weighted by Crippen LogP contribution is -2.21. The van der Waals surface area contributed by atoms with Crippen molar-refractivity contribution in [2.24, 2.45) is 0 Å². The van der Waals surface area contributed by atoms with Crippen molar-refractivity contribution in [3.63, 3.8) is 0 Å². The first-order valence-electron chi connectivity index (χ1n) is 7.09. The molecule has 1 unspecified atom stereocenters. The zero-order valence-corrected chi connectivity index (χ0v) is 12.4. The third-order valence-corrected chi connectivity index (χ3v) is 3.43. The zero-order valence-electron chi connectivity index (χ0n) is 12.4. The SMILES string of the molecule is CCCc1ccc(C(CCCNC)N(C)C)cc1. The van der Waals surface area contributed by atoms with Crippen molar-refractivity contribution < 1.29 is 0 Å². The van der Waals surface area contributed by atoms with Gasteiger partial charge in [0.25, 0.3) is 0 Å². The summed E-state index contributed by atoms with van der Waals surface area (Å²) in [6.45, 7) is 3.33. The highest BCUT2D eigenvalue weighted by molar-refractivity contribution is 5.25. The molecule has 0 amide bonds. The van der Waals surface area contributed by atoms with Crippen molar-refractivity contribution in [3.8, 4) is 0 Å². The Hall–Kier alpha value is -0.860. The Morgan fingerprint density at radius 1 is 1.17 bits per heavy atom. The number of hydrogen-bond donors (Lipinski definition) is 1. The van der Waals surface area contributed by atoms with E-state index in [1.807, 2.05) is 7.05 Å². The van der Waals surface area contributed by atoms with Crippen molar-refractivity contribution in [3.05, 3.63) is 35.4 Å². The Balaban J connectivity index is 2.66. The molecular formula is C16H28N2. The second-order valence-corrected chi connectivity index (χ2v) is 5.22. The minimum Gasteiger partial charge on any atom is -0.320 e. The minimum absolute atomic E-state index is 0.536. The zero-order chi connectivity index (χ0) is 13.4. The van der Waals surface area contributed by atoms with E-state index in [9.17, 15) is 0 Å². The summed E-state index contributed by atoms with van der Waals surface area (Å²) in [5.74, 6) is 0. The predicted molar refractivity (Wildman–Crippen MR) is 80.0 cm³/mol. The van der Waals surface area contributed by atoms with Crippen LogP contribution >= 0.6 is 0 Å². The standard InChI is InChI=1S/C16H28N2/c1-5-7-14-9-11-15(12-10-14)16(18(3)4)8-6-13-17-2/h9-12,16-17H,5-8,13H2,1-4H3. The second kappa shape index (κ2) is 8.28. The molecule has 18 heavy (non-hydrogen) atoms. The van der Waals surface area contributed by atoms with Gasteiger partial charge < -0.3 is 10.2 Å². The maximum absolute atomic E-state index is 3.22. The maximum Gasteiger partial charge on any atom is 0.0342 e. The van der Waals surface area contributed by atoms with E-state index in [0.29, 0.717) is 6.04 Å². The molecule has 0 heterocycles. The molecule has 1 aromatic rings. The number of aryl methyl sites for hydroxylation is 1. The third-order valence-electron chi connectivity index (χ3n) is 3.43. The molecule has 0 saturated heterocycles. The highest BCUT2D eigenvalue weighted by atomic mass is 15.1. The van der Waals surface area contributed by atoms with Gasteiger partial charge in [0.15, 0.2) is 0 Å². The van der Waals surface area contributed by atoms with Crippen LogP contribution in [0.2, 0.25) is 0 Å². The van der Waals surface area contributed by atoms with E-state index in [4.69, 9.17) is 0 Å². The smallest absolute Gasteiger partial charge is 0.0342 e. The average Bonchev–Trinajstić information content (AvgIpc) is 2.36. The summed E-state index contributed by atoms with van der Waals surface area (Å²) in [6, 6.07) is 9.71. The minimum atomic E-state index is 0.536. The van der Waals surface area contributed by atoms with E-state index in [-0.39, 0.29) is 0 Å². The molecule has 2 heteroatoms. The lowest BCUT2D eigenvalue weighted by atomic mass is 9.98. The van der Waals surface area contributed by atoms with Crippen LogP contribution < -0.4 is 5.32 Å². The molecule has 1 aromatic carbocycles. The van der Waals surface area contributed by atoms with Crippen LogP contribution in [0.1, 0.15) is 43.4 Å². The lowest BCUT2D eigenvalue weighted by Gasteiger charge is -2.25. The van der Waals surface area contributed by atoms with Gasteiger partial charge in [-0.05, 0) is 58.1 Å². The average molecular weight is 248 g/mol. The maximum atomic E-state index is 3.22. The lowest BCUT2D eigenvalue weighted by molar-refractivity contribution is 0.279. The molecule has 1 rings (SSSR count). The normalized spacial score (nSPS) is 12.9. The van der Waals surface area contributed by atoms with E-state index in [0.717, 1.165) is 6.54 Å². The number of nitrogens with zero attached hydrogens (tertiary/aromatic N) is 1. The van der Waals surface area contributed by atoms with Gasteiger partial charge in [0.2, 0.25) is 0 Å². The summed E-state index contributed by atoms with van der Waals surface area (Å²) >= 11 is 0. The molecule has 0 aromatic heterocycles. The first-order chi connectivity index (χ1) is 8.69. The van der Waals surface area contributed by atoms with Gasteiger partial charge in [-0.3, -0.25) is 0 Å². The molecule has 1 atom stereocenters. The molecule has 0 aliphatic heterocycles. The van der Waals surface area contributed by atoms with Crippen LogP contribution in [-0.4, -0.2) is 32.6 Å². The largest absolute Gasteiger partial charge is 0.320 e. The molecule has 0 fully saturated rings. The van der Waals surface area contributed by atoms with Crippen molar-refractivity contribution in [2.75, 3.05) is 27.7 Å². The monoisotopic (exact) mass is 248 g/mol. The summed E-state index contributed by atoms with van der Waals surface area (Å²) in [5, 5.41) is 3.22. The Labute approximate surface area is 112 Å². The van der Waals surface area contributed by atoms with Gasteiger partial charge in [-0.2, -0.15) is 0 Å². The van der Waals surface area contributed by atoms with Gasteiger partial charge in [-0.1, -0.05) is 37.6 Å². The number of rotatable bonds is 8. The molecule has 0 aliphatic rings. The topological polar surface area (TPSA) is 15.3 Å². The Morgan fingerprint density at radius 3 is 2.33 bits per heavy atom. The van der Waals surface area contributed by atoms with E-state index >= 15 is 0 Å². The van der Waals surface area contributed by atoms with Gasteiger partial charge in [-0.15, -0.1) is 0 Å². The molecule has 0 bridgehead atoms. The van der Waals surface area contributed by atoms with Gasteiger partial charge in [0, 0.05) is 6.04 Å². The molecule has 0 saturated carbocycles. The summed E-state index contributed by atoms with van der Waals surface area (Å²) in [6.07, 6.45) is 4.84. The molecule has 102 valence electrons. The van der Waals surface area contributed by atoms with Gasteiger partial charge in [0.05, 0.1) is 0 Å². The van der Waals surface area contributed by atoms with Crippen molar-refractivity contribution in [2.45, 2.75) is 38.6 Å². The molecule has 0 spiro atoms. The van der Waals surface area contributed by atoms with Crippen LogP contribution in [0.3, 0.4) is 0 Å². The van der Waals surface area contributed by atoms with E-state index < -0.39 is 0 Å². The van der Waals surface area contributed by atoms with Crippen molar-refractivity contribution >= 4 is 0 Å². The predicted octanol–water partition coefficient (Wildman–Crippen LogP) is 3.24. The van der Waals surface area contributed by atoms with Crippen LogP contribution in [0, 0.1) is 0 Å². The van der Waals surface area contributed by atoms with Crippen LogP contribution in [0.4, 0.5) is 0 Å². The highest BCUT2D eigenvalue weighted by Gasteiger charge is 2.13.